The van der Waals surface area contributed by atoms with Gasteiger partial charge in [0.2, 0.25) is 0 Å². The molecule has 0 fully saturated rings. The molecule has 0 saturated carbocycles. The fourth-order valence-electron chi connectivity index (χ4n) is 2.96. The van der Waals surface area contributed by atoms with Gasteiger partial charge in [-0.3, -0.25) is 4.79 Å². The lowest BCUT2D eigenvalue weighted by molar-refractivity contribution is -0.147. The van der Waals surface area contributed by atoms with E-state index >= 15 is 0 Å². The second-order valence-corrected chi connectivity index (χ2v) is 10.3. The van der Waals surface area contributed by atoms with E-state index in [1.807, 2.05) is 41.5 Å². The predicted octanol–water partition coefficient (Wildman–Crippen LogP) is 4.64. The standard InChI is InChI=1S/C27H41NO11/c1-17(2)14-35-24(30)34-11-10-27(28,23(29)33-7)13-20-8-9-21(38-25(31)36-15-18(3)4)22(12-20)39-26(32)37-16-19(5)6/h8-9,12,17-19H,10-11,13-16,28H2,1-7H3/t27-/m1/s1. The summed E-state index contributed by atoms with van der Waals surface area (Å²) in [7, 11) is 1.18. The molecular formula is C27H41NO11. The molecule has 12 heteroatoms. The molecule has 1 atom stereocenters. The van der Waals surface area contributed by atoms with E-state index in [-0.39, 0.29) is 68.5 Å². The molecule has 0 unspecified atom stereocenters. The normalized spacial score (nSPS) is 12.5. The molecule has 1 aromatic rings. The number of nitrogens with two attached hydrogens (primary N) is 1. The van der Waals surface area contributed by atoms with Crippen molar-refractivity contribution in [2.24, 2.45) is 23.5 Å². The van der Waals surface area contributed by atoms with Gasteiger partial charge in [-0.15, -0.1) is 0 Å². The number of benzene rings is 1. The number of carbonyl (C=O) groups is 4. The first-order chi connectivity index (χ1) is 18.2. The van der Waals surface area contributed by atoms with Gasteiger partial charge < -0.3 is 38.9 Å². The summed E-state index contributed by atoms with van der Waals surface area (Å²) in [5, 5.41) is 0. The Balaban J connectivity index is 3.11. The fraction of sp³-hybridized carbons (Fsp3) is 0.630. The van der Waals surface area contributed by atoms with E-state index < -0.39 is 30.0 Å². The minimum Gasteiger partial charge on any atom is -0.468 e. The molecular weight excluding hydrogens is 514 g/mol. The highest BCUT2D eigenvalue weighted by Crippen LogP contribution is 2.31. The van der Waals surface area contributed by atoms with Gasteiger partial charge in [0.05, 0.1) is 33.5 Å². The highest BCUT2D eigenvalue weighted by Gasteiger charge is 2.36. The summed E-state index contributed by atoms with van der Waals surface area (Å²) in [4.78, 5) is 48.7. The Morgan fingerprint density at radius 2 is 1.23 bits per heavy atom. The fourth-order valence-corrected chi connectivity index (χ4v) is 2.96. The number of esters is 1. The first-order valence-electron chi connectivity index (χ1n) is 12.7. The van der Waals surface area contributed by atoms with Gasteiger partial charge in [0.15, 0.2) is 11.5 Å². The molecule has 0 aliphatic heterocycles. The summed E-state index contributed by atoms with van der Waals surface area (Å²) in [5.41, 5.74) is 5.19. The van der Waals surface area contributed by atoms with Gasteiger partial charge in [-0.25, -0.2) is 14.4 Å². The van der Waals surface area contributed by atoms with Crippen LogP contribution in [0.3, 0.4) is 0 Å². The first kappa shape index (κ1) is 33.5. The SMILES string of the molecule is COC(=O)[C@@](N)(CCOC(=O)OCC(C)C)Cc1ccc(OC(=O)OCC(C)C)c(OC(=O)OCC(C)C)c1. The van der Waals surface area contributed by atoms with Crippen molar-refractivity contribution in [2.45, 2.75) is 59.9 Å². The van der Waals surface area contributed by atoms with Crippen LogP contribution in [-0.2, 0) is 34.9 Å². The molecule has 0 aliphatic rings. The number of ether oxygens (including phenoxy) is 7. The number of methoxy groups -OCH3 is 1. The zero-order valence-electron chi connectivity index (χ0n) is 23.8. The summed E-state index contributed by atoms with van der Waals surface area (Å²) >= 11 is 0. The van der Waals surface area contributed by atoms with E-state index in [9.17, 15) is 19.2 Å². The van der Waals surface area contributed by atoms with Gasteiger partial charge in [-0.1, -0.05) is 47.6 Å². The van der Waals surface area contributed by atoms with E-state index in [1.54, 1.807) is 0 Å². The highest BCUT2D eigenvalue weighted by atomic mass is 16.7. The summed E-state index contributed by atoms with van der Waals surface area (Å²) in [6.45, 7) is 11.4. The third kappa shape index (κ3) is 13.2. The molecule has 0 amide bonds. The number of hydrogen-bond acceptors (Lipinski definition) is 12. The van der Waals surface area contributed by atoms with Gasteiger partial charge in [-0.2, -0.15) is 0 Å². The second kappa shape index (κ2) is 16.4. The highest BCUT2D eigenvalue weighted by molar-refractivity contribution is 5.81. The molecule has 39 heavy (non-hydrogen) atoms. The Hall–Kier alpha value is -3.54. The van der Waals surface area contributed by atoms with E-state index in [2.05, 4.69) is 0 Å². The van der Waals surface area contributed by atoms with Crippen LogP contribution in [0.25, 0.3) is 0 Å². The van der Waals surface area contributed by atoms with Crippen molar-refractivity contribution < 1.29 is 52.3 Å². The van der Waals surface area contributed by atoms with Crippen LogP contribution in [0.15, 0.2) is 18.2 Å². The van der Waals surface area contributed by atoms with Crippen LogP contribution in [0.5, 0.6) is 11.5 Å². The molecule has 2 N–H and O–H groups in total. The van der Waals surface area contributed by atoms with E-state index in [4.69, 9.17) is 38.9 Å². The van der Waals surface area contributed by atoms with Gasteiger partial charge in [-0.05, 0) is 35.4 Å². The van der Waals surface area contributed by atoms with Crippen LogP contribution in [0, 0.1) is 17.8 Å². The number of carbonyl (C=O) groups excluding carboxylic acids is 4. The van der Waals surface area contributed by atoms with Gasteiger partial charge in [0.25, 0.3) is 0 Å². The Morgan fingerprint density at radius 3 is 1.72 bits per heavy atom. The smallest absolute Gasteiger partial charge is 0.468 e. The second-order valence-electron chi connectivity index (χ2n) is 10.3. The zero-order chi connectivity index (χ0) is 29.6. The monoisotopic (exact) mass is 555 g/mol. The molecule has 0 bridgehead atoms. The topological polar surface area (TPSA) is 159 Å². The van der Waals surface area contributed by atoms with Gasteiger partial charge >= 0.3 is 24.4 Å². The largest absolute Gasteiger partial charge is 0.513 e. The maximum absolute atomic E-state index is 12.6. The number of rotatable bonds is 14. The molecule has 1 aromatic carbocycles. The maximum atomic E-state index is 12.6. The Morgan fingerprint density at radius 1 is 0.744 bits per heavy atom. The lowest BCUT2D eigenvalue weighted by Gasteiger charge is -2.26. The molecule has 0 aromatic heterocycles. The van der Waals surface area contributed by atoms with Crippen molar-refractivity contribution in [2.75, 3.05) is 33.5 Å². The Kier molecular flexibility index (Phi) is 14.1. The molecule has 220 valence electrons. The van der Waals surface area contributed by atoms with Crippen LogP contribution in [0.2, 0.25) is 0 Å². The molecule has 0 heterocycles. The third-order valence-electron chi connectivity index (χ3n) is 4.88. The average Bonchev–Trinajstić information content (AvgIpc) is 2.86. The van der Waals surface area contributed by atoms with E-state index in [0.29, 0.717) is 5.56 Å². The van der Waals surface area contributed by atoms with Gasteiger partial charge in [0, 0.05) is 12.8 Å². The van der Waals surface area contributed by atoms with Crippen LogP contribution >= 0.6 is 0 Å². The predicted molar refractivity (Wildman–Crippen MR) is 139 cm³/mol. The number of hydrogen-bond donors (Lipinski definition) is 1. The molecule has 12 nitrogen and oxygen atoms in total. The molecule has 0 radical (unpaired) electrons. The van der Waals surface area contributed by atoms with Crippen molar-refractivity contribution in [3.8, 4) is 11.5 Å². The van der Waals surface area contributed by atoms with E-state index in [1.165, 1.54) is 25.3 Å². The zero-order valence-corrected chi connectivity index (χ0v) is 23.8. The molecule has 0 saturated heterocycles. The first-order valence-corrected chi connectivity index (χ1v) is 12.7. The van der Waals surface area contributed by atoms with Crippen molar-refractivity contribution in [1.82, 2.24) is 0 Å². The third-order valence-corrected chi connectivity index (χ3v) is 4.88. The van der Waals surface area contributed by atoms with E-state index in [0.717, 1.165) is 0 Å². The minimum absolute atomic E-state index is 0.0633. The average molecular weight is 556 g/mol. The van der Waals surface area contributed by atoms with Crippen LogP contribution in [0.4, 0.5) is 14.4 Å². The molecule has 1 rings (SSSR count). The quantitative estimate of drug-likeness (QED) is 0.193. The van der Waals surface area contributed by atoms with Crippen LogP contribution in [0.1, 0.15) is 53.5 Å². The van der Waals surface area contributed by atoms with Crippen molar-refractivity contribution in [3.63, 3.8) is 0 Å². The summed E-state index contributed by atoms with van der Waals surface area (Å²) in [6, 6.07) is 4.28. The van der Waals surface area contributed by atoms with Crippen LogP contribution < -0.4 is 15.2 Å². The van der Waals surface area contributed by atoms with Crippen molar-refractivity contribution >= 4 is 24.4 Å². The Bertz CT molecular complexity index is 961. The molecule has 0 aliphatic carbocycles. The molecule has 0 spiro atoms. The summed E-state index contributed by atoms with van der Waals surface area (Å²) in [6.07, 6.45) is -3.07. The Labute approximate surface area is 229 Å². The maximum Gasteiger partial charge on any atom is 0.513 e. The minimum atomic E-state index is -1.61. The summed E-state index contributed by atoms with van der Waals surface area (Å²) in [5.74, 6) is -0.733. The lowest BCUT2D eigenvalue weighted by atomic mass is 9.88. The lowest BCUT2D eigenvalue weighted by Crippen LogP contribution is -2.51. The van der Waals surface area contributed by atoms with Crippen molar-refractivity contribution in [3.05, 3.63) is 23.8 Å². The van der Waals surface area contributed by atoms with Gasteiger partial charge in [0.1, 0.15) is 5.54 Å². The van der Waals surface area contributed by atoms with Crippen molar-refractivity contribution in [1.29, 1.82) is 0 Å². The summed E-state index contributed by atoms with van der Waals surface area (Å²) < 4.78 is 35.5. The van der Waals surface area contributed by atoms with Crippen LogP contribution in [-0.4, -0.2) is 63.5 Å².